The Morgan fingerprint density at radius 1 is 0.366 bits per heavy atom. The van der Waals surface area contributed by atoms with Crippen LogP contribution in [0.4, 0.5) is 0 Å². The van der Waals surface area contributed by atoms with E-state index >= 15 is 0 Å². The molecule has 15 heteroatoms. The molecule has 0 N–H and O–H groups in total. The molecule has 0 radical (unpaired) electrons. The standard InChI is InChI=1S/C31H42O5.C28H36O5.C27H36O5/c1-3-9-25-10-12-26(13-11-25)27-14-20-30(21-15-27)36-31(32)28-16-18-29(19-17-28)33-23-7-5-6-8-24-35-34-22-4-2;1-3-6-22-7-9-23(10-8-22)24-11-17-27(18-12-24)33-28(29)25-13-15-26(16-14-25)30-20-5-21-32-31-19-4-2;1-4-18-30-31-20-9-7-6-8-19-29-25-16-12-24(13-17-25)27(28)32-26-14-10-23(11-15-26)21-22(3)5-2/h4,14-22,25-26H,3,5-13,23-24H2,1-2H3;4,11-19,22-23H,3,5-10,20-21H2,1-2H3;4,10-18,22H,5-9,19-21H2,1-3H3/b22-4+;19-4-;18-4+. The molecule has 2 fully saturated rings. The molecule has 2 aliphatic rings. The number of allylic oxidation sites excluding steroid dienone is 3. The van der Waals surface area contributed by atoms with Crippen molar-refractivity contribution in [3.05, 3.63) is 216 Å². The second-order valence-electron chi connectivity index (χ2n) is 26.1. The van der Waals surface area contributed by atoms with Crippen LogP contribution in [0.3, 0.4) is 0 Å². The third-order valence-corrected chi connectivity index (χ3v) is 18.1. The van der Waals surface area contributed by atoms with E-state index in [0.717, 1.165) is 87.5 Å². The molecule has 1 unspecified atom stereocenters. The van der Waals surface area contributed by atoms with Gasteiger partial charge in [-0.2, -0.15) is 14.7 Å². The van der Waals surface area contributed by atoms with Crippen LogP contribution in [0.25, 0.3) is 0 Å². The summed E-state index contributed by atoms with van der Waals surface area (Å²) in [4.78, 5) is 66.8. The van der Waals surface area contributed by atoms with Crippen LogP contribution < -0.4 is 28.4 Å². The number of carbonyl (C=O) groups excluding carboxylic acids is 3. The Morgan fingerprint density at radius 3 is 0.980 bits per heavy atom. The maximum atomic E-state index is 12.6. The fraction of sp³-hybridized carbons (Fsp3) is 0.477. The van der Waals surface area contributed by atoms with Crippen LogP contribution >= 0.6 is 0 Å². The van der Waals surface area contributed by atoms with Gasteiger partial charge in [-0.25, -0.2) is 14.4 Å². The lowest BCUT2D eigenvalue weighted by Crippen LogP contribution is -2.13. The van der Waals surface area contributed by atoms with Crippen LogP contribution in [0.2, 0.25) is 0 Å². The quantitative estimate of drug-likeness (QED) is 0.00888. The second kappa shape index (κ2) is 50.0. The summed E-state index contributed by atoms with van der Waals surface area (Å²) in [5.74, 6) is 6.54. The molecular weight excluding hydrogens is 1270 g/mol. The van der Waals surface area contributed by atoms with Gasteiger partial charge in [-0.15, -0.1) is 0 Å². The molecule has 1 atom stereocenters. The molecule has 101 heavy (non-hydrogen) atoms. The van der Waals surface area contributed by atoms with Crippen molar-refractivity contribution in [2.45, 2.75) is 208 Å². The average Bonchev–Trinajstić information content (AvgIpc) is 1.16. The maximum Gasteiger partial charge on any atom is 0.343 e. The zero-order chi connectivity index (χ0) is 71.8. The Labute approximate surface area is 603 Å². The van der Waals surface area contributed by atoms with Crippen molar-refractivity contribution in [3.8, 4) is 34.5 Å². The molecule has 0 aliphatic heterocycles. The minimum atomic E-state index is -0.371. The summed E-state index contributed by atoms with van der Waals surface area (Å²) in [5.41, 5.74) is 5.47. The number of rotatable bonds is 42. The van der Waals surface area contributed by atoms with Crippen molar-refractivity contribution < 1.29 is 72.1 Å². The maximum absolute atomic E-state index is 12.6. The molecule has 0 amide bonds. The van der Waals surface area contributed by atoms with Crippen LogP contribution in [0.15, 0.2) is 183 Å². The van der Waals surface area contributed by atoms with E-state index in [1.165, 1.54) is 113 Å². The summed E-state index contributed by atoms with van der Waals surface area (Å²) < 4.78 is 33.8. The van der Waals surface area contributed by atoms with Gasteiger partial charge in [-0.1, -0.05) is 109 Å². The van der Waals surface area contributed by atoms with Gasteiger partial charge in [-0.05, 0) is 291 Å². The lowest BCUT2D eigenvalue weighted by Gasteiger charge is -2.28. The van der Waals surface area contributed by atoms with E-state index in [1.807, 2.05) is 81.4 Å². The van der Waals surface area contributed by atoms with Gasteiger partial charge in [0.1, 0.15) is 53.3 Å². The number of hydrogen-bond acceptors (Lipinski definition) is 15. The molecule has 6 aromatic carbocycles. The first-order valence-electron chi connectivity index (χ1n) is 37.3. The van der Waals surface area contributed by atoms with E-state index < -0.39 is 0 Å². The Balaban J connectivity index is 0.000000239. The normalized spacial score (nSPS) is 16.1. The van der Waals surface area contributed by atoms with Crippen molar-refractivity contribution in [1.82, 2.24) is 0 Å². The molecule has 2 saturated carbocycles. The van der Waals surface area contributed by atoms with Gasteiger partial charge in [-0.3, -0.25) is 0 Å². The predicted molar refractivity (Wildman–Crippen MR) is 399 cm³/mol. The largest absolute Gasteiger partial charge is 0.494 e. The molecule has 8 rings (SSSR count). The van der Waals surface area contributed by atoms with E-state index in [4.69, 9.17) is 57.7 Å². The number of benzene rings is 6. The van der Waals surface area contributed by atoms with Crippen molar-refractivity contribution >= 4 is 17.9 Å². The number of ether oxygens (including phenoxy) is 6. The number of hydrogen-bond donors (Lipinski definition) is 0. The van der Waals surface area contributed by atoms with Gasteiger partial charge in [0.2, 0.25) is 0 Å². The lowest BCUT2D eigenvalue weighted by molar-refractivity contribution is -0.249. The Hall–Kier alpha value is -8.37. The first-order chi connectivity index (χ1) is 49.5. The molecule has 0 bridgehead atoms. The topological polar surface area (TPSA) is 162 Å². The smallest absolute Gasteiger partial charge is 0.343 e. The van der Waals surface area contributed by atoms with Crippen LogP contribution in [-0.2, 0) is 35.7 Å². The highest BCUT2D eigenvalue weighted by atomic mass is 17.2. The van der Waals surface area contributed by atoms with Crippen molar-refractivity contribution in [2.75, 3.05) is 39.6 Å². The highest BCUT2D eigenvalue weighted by molar-refractivity contribution is 5.92. The molecule has 0 heterocycles. The average molecular weight is 1390 g/mol. The Bertz CT molecular complexity index is 3240. The monoisotopic (exact) mass is 1390 g/mol. The van der Waals surface area contributed by atoms with Crippen LogP contribution in [0.1, 0.15) is 249 Å². The molecule has 0 aromatic heterocycles. The first kappa shape index (κ1) is 81.6. The van der Waals surface area contributed by atoms with Gasteiger partial charge in [0.05, 0.1) is 56.3 Å². The minimum Gasteiger partial charge on any atom is -0.494 e. The summed E-state index contributed by atoms with van der Waals surface area (Å²) in [6, 6.07) is 45.1. The van der Waals surface area contributed by atoms with Crippen molar-refractivity contribution in [2.24, 2.45) is 17.8 Å². The highest BCUT2D eigenvalue weighted by Crippen LogP contribution is 2.39. The molecule has 0 spiro atoms. The van der Waals surface area contributed by atoms with Gasteiger partial charge in [0, 0.05) is 6.42 Å². The minimum absolute atomic E-state index is 0.352. The van der Waals surface area contributed by atoms with Crippen molar-refractivity contribution in [1.29, 1.82) is 0 Å². The van der Waals surface area contributed by atoms with E-state index in [2.05, 4.69) is 52.0 Å². The highest BCUT2D eigenvalue weighted by Gasteiger charge is 2.24. The fourth-order valence-corrected chi connectivity index (χ4v) is 12.2. The van der Waals surface area contributed by atoms with Crippen LogP contribution in [0, 0.1) is 17.8 Å². The summed E-state index contributed by atoms with van der Waals surface area (Å²) in [7, 11) is 0. The van der Waals surface area contributed by atoms with Gasteiger partial charge in [0.15, 0.2) is 0 Å². The molecule has 0 saturated heterocycles. The SMILES string of the molecule is C/C=C/OOCCCCCCOc1ccc(C(=O)Oc2ccc(C3CCC(CCC)CC3)cc2)cc1.C/C=C/OOCCCCCCOc1ccc(C(=O)Oc2ccc(CC(C)CC)cc2)cc1.C/C=C\OOCCCOc1ccc(C(=O)Oc2ccc(C3CCC(CCC)CC3)cc2)cc1. The molecular formula is C86H114O15. The molecule has 548 valence electrons. The summed E-state index contributed by atoms with van der Waals surface area (Å²) in [6.45, 7) is 18.0. The molecule has 6 aromatic rings. The van der Waals surface area contributed by atoms with Crippen LogP contribution in [0.5, 0.6) is 34.5 Å². The van der Waals surface area contributed by atoms with Gasteiger partial charge >= 0.3 is 17.9 Å². The van der Waals surface area contributed by atoms with E-state index in [9.17, 15) is 14.4 Å². The fourth-order valence-electron chi connectivity index (χ4n) is 12.2. The Morgan fingerprint density at radius 2 is 0.663 bits per heavy atom. The van der Waals surface area contributed by atoms with E-state index in [-0.39, 0.29) is 17.9 Å². The third kappa shape index (κ3) is 33.3. The number of unbranched alkanes of at least 4 members (excludes halogenated alkanes) is 6. The summed E-state index contributed by atoms with van der Waals surface area (Å²) >= 11 is 0. The predicted octanol–water partition coefficient (Wildman–Crippen LogP) is 22.5. The zero-order valence-electron chi connectivity index (χ0n) is 61.3. The first-order valence-corrected chi connectivity index (χ1v) is 37.3. The number of esters is 3. The van der Waals surface area contributed by atoms with E-state index in [0.29, 0.717) is 104 Å². The van der Waals surface area contributed by atoms with Gasteiger partial charge in [0.25, 0.3) is 0 Å². The molecule has 2 aliphatic carbocycles. The third-order valence-electron chi connectivity index (χ3n) is 18.1. The van der Waals surface area contributed by atoms with Crippen LogP contribution in [-0.4, -0.2) is 57.5 Å². The zero-order valence-corrected chi connectivity index (χ0v) is 61.3. The molecule has 15 nitrogen and oxygen atoms in total. The van der Waals surface area contributed by atoms with E-state index in [1.54, 1.807) is 78.9 Å². The lowest BCUT2D eigenvalue weighted by atomic mass is 9.77. The summed E-state index contributed by atoms with van der Waals surface area (Å²) in [6.07, 6.45) is 36.5. The number of carbonyl (C=O) groups is 3. The van der Waals surface area contributed by atoms with Gasteiger partial charge < -0.3 is 43.1 Å². The summed E-state index contributed by atoms with van der Waals surface area (Å²) in [5, 5.41) is 0. The second-order valence-corrected chi connectivity index (χ2v) is 26.1. The Kier molecular flexibility index (Phi) is 40.4. The van der Waals surface area contributed by atoms with Crippen molar-refractivity contribution in [3.63, 3.8) is 0 Å².